The Morgan fingerprint density at radius 2 is 1.54 bits per heavy atom. The molecule has 0 saturated carbocycles. The van der Waals surface area contributed by atoms with Gasteiger partial charge in [-0.1, -0.05) is 0 Å². The fourth-order valence-corrected chi connectivity index (χ4v) is 0.668. The maximum absolute atomic E-state index is 10.1. The molecular formula is C6H12O7. The molecule has 0 bridgehead atoms. The first-order valence-corrected chi connectivity index (χ1v) is 3.47. The van der Waals surface area contributed by atoms with Crippen LogP contribution in [0.25, 0.3) is 0 Å². The Morgan fingerprint density at radius 1 is 1.08 bits per heavy atom. The van der Waals surface area contributed by atoms with Crippen LogP contribution < -0.4 is 0 Å². The summed E-state index contributed by atoms with van der Waals surface area (Å²) in [5, 5.41) is 51.8. The van der Waals surface area contributed by atoms with Gasteiger partial charge in [0.1, 0.15) is 18.3 Å². The highest BCUT2D eigenvalue weighted by atomic mass is 16.4. The highest BCUT2D eigenvalue weighted by Crippen LogP contribution is 2.04. The van der Waals surface area contributed by atoms with E-state index in [1.165, 1.54) is 0 Å². The van der Waals surface area contributed by atoms with Crippen molar-refractivity contribution < 1.29 is 35.4 Å². The first-order chi connectivity index (χ1) is 5.91. The monoisotopic (exact) mass is 196 g/mol. The predicted molar refractivity (Wildman–Crippen MR) is 38.7 cm³/mol. The lowest BCUT2D eigenvalue weighted by Gasteiger charge is -2.23. The molecule has 6 N–H and O–H groups in total. The zero-order chi connectivity index (χ0) is 10.6. The number of aliphatic hydroxyl groups excluding tert-OH is 5. The molecule has 0 aliphatic heterocycles. The van der Waals surface area contributed by atoms with Crippen molar-refractivity contribution in [1.29, 1.82) is 0 Å². The van der Waals surface area contributed by atoms with E-state index in [1.54, 1.807) is 0 Å². The van der Waals surface area contributed by atoms with Gasteiger partial charge in [0.05, 0.1) is 6.61 Å². The van der Waals surface area contributed by atoms with Gasteiger partial charge in [-0.2, -0.15) is 0 Å². The first-order valence-electron chi connectivity index (χ1n) is 3.47. The van der Waals surface area contributed by atoms with Crippen LogP contribution in [0.15, 0.2) is 0 Å². The van der Waals surface area contributed by atoms with E-state index in [0.717, 1.165) is 0 Å². The van der Waals surface area contributed by atoms with Crippen molar-refractivity contribution in [2.24, 2.45) is 0 Å². The Balaban J connectivity index is 4.24. The molecule has 0 radical (unpaired) electrons. The molecule has 0 aromatic carbocycles. The topological polar surface area (TPSA) is 138 Å². The number of carboxylic acid groups (broad SMARTS) is 1. The molecule has 0 heterocycles. The molecule has 7 nitrogen and oxygen atoms in total. The fourth-order valence-electron chi connectivity index (χ4n) is 0.668. The molecule has 0 aromatic rings. The minimum Gasteiger partial charge on any atom is -0.479 e. The number of aliphatic carboxylic acids is 1. The summed E-state index contributed by atoms with van der Waals surface area (Å²) >= 11 is 0. The van der Waals surface area contributed by atoms with Crippen molar-refractivity contribution in [2.45, 2.75) is 24.4 Å². The molecule has 0 aliphatic rings. The van der Waals surface area contributed by atoms with Crippen LogP contribution in [0.2, 0.25) is 0 Å². The van der Waals surface area contributed by atoms with Gasteiger partial charge in [-0.25, -0.2) is 4.79 Å². The van der Waals surface area contributed by atoms with Gasteiger partial charge < -0.3 is 30.6 Å². The van der Waals surface area contributed by atoms with E-state index in [4.69, 9.17) is 30.6 Å². The quantitative estimate of drug-likeness (QED) is 0.268. The molecule has 4 atom stereocenters. The minimum atomic E-state index is -2.20. The molecule has 0 rings (SSSR count). The van der Waals surface area contributed by atoms with E-state index >= 15 is 0 Å². The largest absolute Gasteiger partial charge is 0.479 e. The lowest BCUT2D eigenvalue weighted by atomic mass is 10.0. The molecule has 1 unspecified atom stereocenters. The van der Waals surface area contributed by atoms with Gasteiger partial charge >= 0.3 is 5.97 Å². The number of carboxylic acids is 1. The van der Waals surface area contributed by atoms with Crippen molar-refractivity contribution in [3.05, 3.63) is 0 Å². The van der Waals surface area contributed by atoms with Crippen LogP contribution in [-0.2, 0) is 4.79 Å². The third kappa shape index (κ3) is 3.25. The number of hydrogen-bond acceptors (Lipinski definition) is 6. The molecule has 7 heteroatoms. The van der Waals surface area contributed by atoms with E-state index < -0.39 is 37.0 Å². The van der Waals surface area contributed by atoms with Gasteiger partial charge in [0.25, 0.3) is 0 Å². The van der Waals surface area contributed by atoms with Gasteiger partial charge in [-0.05, 0) is 0 Å². The average molecular weight is 196 g/mol. The van der Waals surface area contributed by atoms with Crippen LogP contribution in [0.1, 0.15) is 0 Å². The number of hydrogen-bond donors (Lipinski definition) is 6. The first kappa shape index (κ1) is 12.3. The van der Waals surface area contributed by atoms with Crippen molar-refractivity contribution in [3.63, 3.8) is 0 Å². The standard InChI is InChI=1S/C6H12O7/c7-1-2(8)3(9)4(10)5(11)6(12)13/h2-5,7-11H,1H2,(H,12,13)/t2-,3-,4+,5?/m1/s1. The smallest absolute Gasteiger partial charge is 0.335 e. The lowest BCUT2D eigenvalue weighted by Crippen LogP contribution is -2.48. The number of carbonyl (C=O) groups is 1. The number of aliphatic hydroxyl groups is 5. The van der Waals surface area contributed by atoms with Gasteiger partial charge in [0.2, 0.25) is 0 Å². The molecule has 0 fully saturated rings. The third-order valence-electron chi connectivity index (χ3n) is 1.51. The van der Waals surface area contributed by atoms with Gasteiger partial charge in [-0.3, -0.25) is 0 Å². The van der Waals surface area contributed by atoms with Crippen LogP contribution in [0.5, 0.6) is 0 Å². The van der Waals surface area contributed by atoms with Crippen molar-refractivity contribution in [3.8, 4) is 0 Å². The van der Waals surface area contributed by atoms with E-state index in [9.17, 15) is 4.79 Å². The van der Waals surface area contributed by atoms with Crippen molar-refractivity contribution in [2.75, 3.05) is 6.61 Å². The summed E-state index contributed by atoms with van der Waals surface area (Å²) in [7, 11) is 0. The maximum atomic E-state index is 10.1. The Bertz CT molecular complexity index is 170. The number of rotatable bonds is 5. The Hall–Kier alpha value is -0.730. The summed E-state index contributed by atoms with van der Waals surface area (Å²) < 4.78 is 0. The van der Waals surface area contributed by atoms with Gasteiger partial charge in [-0.15, -0.1) is 0 Å². The SMILES string of the molecule is O=C(O)C(O)[C@@H](O)[C@H](O)[C@H](O)CO. The van der Waals surface area contributed by atoms with Crippen LogP contribution in [0, 0.1) is 0 Å². The molecule has 78 valence electrons. The van der Waals surface area contributed by atoms with E-state index in [-0.39, 0.29) is 0 Å². The van der Waals surface area contributed by atoms with E-state index in [0.29, 0.717) is 0 Å². The van der Waals surface area contributed by atoms with E-state index in [1.807, 2.05) is 0 Å². The third-order valence-corrected chi connectivity index (χ3v) is 1.51. The second-order valence-electron chi connectivity index (χ2n) is 2.51. The van der Waals surface area contributed by atoms with Crippen LogP contribution in [0.3, 0.4) is 0 Å². The summed E-state index contributed by atoms with van der Waals surface area (Å²) in [4.78, 5) is 10.1. The van der Waals surface area contributed by atoms with Gasteiger partial charge in [0, 0.05) is 0 Å². The molecule has 13 heavy (non-hydrogen) atoms. The normalized spacial score (nSPS) is 20.4. The summed E-state index contributed by atoms with van der Waals surface area (Å²) in [6.45, 7) is -0.843. The average Bonchev–Trinajstić information content (AvgIpc) is 2.12. The van der Waals surface area contributed by atoms with Gasteiger partial charge in [0.15, 0.2) is 6.10 Å². The lowest BCUT2D eigenvalue weighted by molar-refractivity contribution is -0.164. The summed E-state index contributed by atoms with van der Waals surface area (Å²) in [5.41, 5.74) is 0. The second kappa shape index (κ2) is 5.10. The van der Waals surface area contributed by atoms with Crippen LogP contribution in [-0.4, -0.2) is 67.6 Å². The second-order valence-corrected chi connectivity index (χ2v) is 2.51. The van der Waals surface area contributed by atoms with Crippen LogP contribution >= 0.6 is 0 Å². The minimum absolute atomic E-state index is 0.843. The molecule has 0 aromatic heterocycles. The molecule has 0 saturated heterocycles. The summed E-state index contributed by atoms with van der Waals surface area (Å²) in [5.74, 6) is -1.73. The fraction of sp³-hybridized carbons (Fsp3) is 0.833. The Kier molecular flexibility index (Phi) is 4.81. The summed E-state index contributed by atoms with van der Waals surface area (Å²) in [6, 6.07) is 0. The summed E-state index contributed by atoms with van der Waals surface area (Å²) in [6.07, 6.45) is -7.84. The maximum Gasteiger partial charge on any atom is 0.335 e. The Labute approximate surface area is 73.5 Å². The van der Waals surface area contributed by atoms with Crippen LogP contribution in [0.4, 0.5) is 0 Å². The molecule has 0 spiro atoms. The van der Waals surface area contributed by atoms with Crippen molar-refractivity contribution >= 4 is 5.97 Å². The molecule has 0 aliphatic carbocycles. The zero-order valence-electron chi connectivity index (χ0n) is 6.61. The Morgan fingerprint density at radius 3 is 1.85 bits per heavy atom. The highest BCUT2D eigenvalue weighted by Gasteiger charge is 2.33. The van der Waals surface area contributed by atoms with Crippen molar-refractivity contribution in [1.82, 2.24) is 0 Å². The van der Waals surface area contributed by atoms with E-state index in [2.05, 4.69) is 0 Å². The highest BCUT2D eigenvalue weighted by molar-refractivity contribution is 5.72. The zero-order valence-corrected chi connectivity index (χ0v) is 6.61. The predicted octanol–water partition coefficient (Wildman–Crippen LogP) is -3.49. The molecule has 0 amide bonds. The molecular weight excluding hydrogens is 184 g/mol.